The number of rotatable bonds is 6. The number of pyridine rings is 1. The monoisotopic (exact) mass is 589 g/mol. The molecule has 0 spiro atoms. The van der Waals surface area contributed by atoms with E-state index in [1.807, 2.05) is 56.5 Å². The average Bonchev–Trinajstić information content (AvgIpc) is 3.41. The zero-order valence-electron chi connectivity index (χ0n) is 22.4. The van der Waals surface area contributed by atoms with Gasteiger partial charge < -0.3 is 18.5 Å². The number of imidazole rings is 1. The van der Waals surface area contributed by atoms with Crippen molar-refractivity contribution in [2.24, 2.45) is 0 Å². The van der Waals surface area contributed by atoms with Gasteiger partial charge in [0.1, 0.15) is 16.9 Å². The van der Waals surface area contributed by atoms with Gasteiger partial charge in [-0.2, -0.15) is 0 Å². The normalized spacial score (nSPS) is 11.7. The molecule has 0 saturated heterocycles. The van der Waals surface area contributed by atoms with Gasteiger partial charge in [0.25, 0.3) is 0 Å². The minimum absolute atomic E-state index is 0.205. The summed E-state index contributed by atoms with van der Waals surface area (Å²) >= 11 is 3.80. The molecule has 0 bridgehead atoms. The summed E-state index contributed by atoms with van der Waals surface area (Å²) in [6, 6.07) is 12.7. The van der Waals surface area contributed by atoms with E-state index in [2.05, 4.69) is 20.9 Å². The molecule has 5 rings (SSSR count). The largest absolute Gasteiger partial charge is 0.472 e. The quantitative estimate of drug-likeness (QED) is 0.198. The number of methoxy groups -OCH3 is 1. The Bertz CT molecular complexity index is 1680. The third kappa shape index (κ3) is 4.94. The van der Waals surface area contributed by atoms with Crippen molar-refractivity contribution in [2.75, 3.05) is 7.11 Å². The minimum atomic E-state index is -0.644. The molecular formula is C30H28BrN3O5. The van der Waals surface area contributed by atoms with Crippen LogP contribution in [0.2, 0.25) is 0 Å². The van der Waals surface area contributed by atoms with Gasteiger partial charge in [-0.05, 0) is 77.7 Å². The average molecular weight is 590 g/mol. The standard InChI is InChI=1S/C30H28BrN3O5/c1-6-24-32-22-11-12-23(29(36)37-5)33-27(22)34(24)15-20-17-13-14-38-16-21(17)26(31)25(20)18-9-7-8-10-19(18)28(35)39-30(2,3)4/h7-14,16H,6,15H2,1-5H3. The van der Waals surface area contributed by atoms with Gasteiger partial charge in [-0.25, -0.2) is 19.6 Å². The van der Waals surface area contributed by atoms with Crippen molar-refractivity contribution in [1.29, 1.82) is 0 Å². The number of nitrogens with zero attached hydrogens (tertiary/aromatic N) is 3. The molecule has 9 heteroatoms. The Balaban J connectivity index is 1.74. The highest BCUT2D eigenvalue weighted by Crippen LogP contribution is 2.47. The second-order valence-electron chi connectivity index (χ2n) is 10.1. The summed E-state index contributed by atoms with van der Waals surface area (Å²) in [5.41, 5.74) is 5.62. The van der Waals surface area contributed by atoms with Crippen LogP contribution in [0.5, 0.6) is 0 Å². The number of carbonyl (C=O) groups excluding carboxylic acids is 2. The van der Waals surface area contributed by atoms with E-state index in [4.69, 9.17) is 18.9 Å². The Morgan fingerprint density at radius 1 is 1.00 bits per heavy atom. The maximum absolute atomic E-state index is 13.3. The van der Waals surface area contributed by atoms with E-state index in [9.17, 15) is 9.59 Å². The van der Waals surface area contributed by atoms with Crippen LogP contribution in [0.3, 0.4) is 0 Å². The minimum Gasteiger partial charge on any atom is -0.472 e. The lowest BCUT2D eigenvalue weighted by atomic mass is 9.97. The number of aryl methyl sites for hydroxylation is 1. The molecule has 0 saturated carbocycles. The lowest BCUT2D eigenvalue weighted by molar-refractivity contribution is 0.00702. The number of benzene rings is 1. The Morgan fingerprint density at radius 2 is 1.77 bits per heavy atom. The molecule has 0 atom stereocenters. The second kappa shape index (κ2) is 10.3. The molecule has 0 amide bonds. The predicted octanol–water partition coefficient (Wildman–Crippen LogP) is 6.91. The predicted molar refractivity (Wildman–Crippen MR) is 151 cm³/mol. The number of halogens is 1. The summed E-state index contributed by atoms with van der Waals surface area (Å²) in [5, 5.41) is 0. The number of carbonyl (C=O) groups is 2. The first-order valence-electron chi connectivity index (χ1n) is 12.6. The lowest BCUT2D eigenvalue weighted by Gasteiger charge is -2.21. The Hall–Kier alpha value is -3.98. The van der Waals surface area contributed by atoms with Gasteiger partial charge in [-0.1, -0.05) is 25.1 Å². The summed E-state index contributed by atoms with van der Waals surface area (Å²) in [4.78, 5) is 34.9. The number of aromatic nitrogens is 3. The second-order valence-corrected chi connectivity index (χ2v) is 10.9. The number of ether oxygens (including phenoxy) is 2. The van der Waals surface area contributed by atoms with Crippen molar-refractivity contribution in [2.45, 2.75) is 46.3 Å². The first-order valence-corrected chi connectivity index (χ1v) is 13.4. The molecule has 200 valence electrons. The van der Waals surface area contributed by atoms with Crippen molar-refractivity contribution in [1.82, 2.24) is 14.5 Å². The molecule has 39 heavy (non-hydrogen) atoms. The third-order valence-electron chi connectivity index (χ3n) is 6.39. The van der Waals surface area contributed by atoms with Crippen LogP contribution >= 0.6 is 15.9 Å². The molecule has 1 aromatic carbocycles. The van der Waals surface area contributed by atoms with Gasteiger partial charge in [0.15, 0.2) is 11.3 Å². The van der Waals surface area contributed by atoms with Gasteiger partial charge in [0.2, 0.25) is 0 Å². The first-order chi connectivity index (χ1) is 18.6. The van der Waals surface area contributed by atoms with E-state index in [0.717, 1.165) is 38.1 Å². The van der Waals surface area contributed by atoms with Crippen LogP contribution in [0.1, 0.15) is 59.9 Å². The van der Waals surface area contributed by atoms with Crippen LogP contribution < -0.4 is 0 Å². The topological polar surface area (TPSA) is 96.5 Å². The molecule has 2 aromatic heterocycles. The van der Waals surface area contributed by atoms with E-state index in [0.29, 0.717) is 29.7 Å². The van der Waals surface area contributed by atoms with E-state index < -0.39 is 17.5 Å². The van der Waals surface area contributed by atoms with E-state index in [1.165, 1.54) is 7.11 Å². The van der Waals surface area contributed by atoms with Crippen LogP contribution in [0.15, 0.2) is 63.9 Å². The van der Waals surface area contributed by atoms with Crippen molar-refractivity contribution in [3.8, 4) is 22.3 Å². The highest BCUT2D eigenvalue weighted by Gasteiger charge is 2.29. The Morgan fingerprint density at radius 3 is 2.49 bits per heavy atom. The van der Waals surface area contributed by atoms with Crippen molar-refractivity contribution < 1.29 is 23.5 Å². The van der Waals surface area contributed by atoms with Crippen molar-refractivity contribution >= 4 is 39.0 Å². The van der Waals surface area contributed by atoms with Crippen molar-refractivity contribution in [3.63, 3.8) is 0 Å². The maximum atomic E-state index is 13.3. The van der Waals surface area contributed by atoms with Crippen molar-refractivity contribution in [3.05, 3.63) is 82.1 Å². The van der Waals surface area contributed by atoms with Crippen LogP contribution in [0.25, 0.3) is 33.4 Å². The fourth-order valence-corrected chi connectivity index (χ4v) is 5.48. The van der Waals surface area contributed by atoms with Crippen LogP contribution in [-0.4, -0.2) is 39.2 Å². The summed E-state index contributed by atoms with van der Waals surface area (Å²) in [5.74, 6) is -0.104. The highest BCUT2D eigenvalue weighted by molar-refractivity contribution is 9.10. The van der Waals surface area contributed by atoms with E-state index in [1.54, 1.807) is 30.7 Å². The van der Waals surface area contributed by atoms with Gasteiger partial charge in [-0.15, -0.1) is 0 Å². The molecule has 8 nitrogen and oxygen atoms in total. The molecule has 0 fully saturated rings. The first kappa shape index (κ1) is 26.6. The molecule has 3 aromatic rings. The molecule has 1 aliphatic heterocycles. The molecule has 0 radical (unpaired) electrons. The number of hydrogen-bond acceptors (Lipinski definition) is 7. The molecule has 3 heterocycles. The fourth-order valence-electron chi connectivity index (χ4n) is 4.72. The van der Waals surface area contributed by atoms with E-state index >= 15 is 0 Å². The Labute approximate surface area is 234 Å². The summed E-state index contributed by atoms with van der Waals surface area (Å²) < 4.78 is 19.0. The SMILES string of the molecule is CCc1nc2ccc(C(=O)OC)nc2n1Cc1c2ccocc-2c(Br)c1-c1ccccc1C(=O)OC(C)(C)C. The highest BCUT2D eigenvalue weighted by atomic mass is 79.9. The number of hydrogen-bond donors (Lipinski definition) is 0. The van der Waals surface area contributed by atoms with Crippen LogP contribution in [-0.2, 0) is 22.4 Å². The maximum Gasteiger partial charge on any atom is 0.356 e. The van der Waals surface area contributed by atoms with Crippen LogP contribution in [0, 0.1) is 0 Å². The molecule has 2 aliphatic rings. The zero-order valence-corrected chi connectivity index (χ0v) is 24.0. The lowest BCUT2D eigenvalue weighted by Crippen LogP contribution is -2.24. The molecule has 0 N–H and O–H groups in total. The number of esters is 2. The third-order valence-corrected chi connectivity index (χ3v) is 7.21. The zero-order chi connectivity index (χ0) is 27.9. The fraction of sp³-hybridized carbons (Fsp3) is 0.267. The van der Waals surface area contributed by atoms with Gasteiger partial charge in [-0.3, -0.25) is 0 Å². The summed E-state index contributed by atoms with van der Waals surface area (Å²) in [6.45, 7) is 7.95. The summed E-state index contributed by atoms with van der Waals surface area (Å²) in [7, 11) is 1.33. The van der Waals surface area contributed by atoms with Crippen LogP contribution in [0.4, 0.5) is 0 Å². The summed E-state index contributed by atoms with van der Waals surface area (Å²) in [6.07, 6.45) is 3.97. The van der Waals surface area contributed by atoms with Gasteiger partial charge in [0, 0.05) is 22.0 Å². The smallest absolute Gasteiger partial charge is 0.356 e. The Kier molecular flexibility index (Phi) is 7.03. The number of fused-ring (bicyclic) bond motifs is 2. The molecule has 1 aliphatic carbocycles. The van der Waals surface area contributed by atoms with E-state index in [-0.39, 0.29) is 5.69 Å². The van der Waals surface area contributed by atoms with Gasteiger partial charge >= 0.3 is 11.9 Å². The molecule has 0 unspecified atom stereocenters. The van der Waals surface area contributed by atoms with Gasteiger partial charge in [0.05, 0.1) is 31.7 Å². The molecular weight excluding hydrogens is 562 g/mol.